The molecular formula is C15H15ClN4O2. The van der Waals surface area contributed by atoms with E-state index in [1.54, 1.807) is 17.9 Å². The lowest BCUT2D eigenvalue weighted by atomic mass is 10.2. The Morgan fingerprint density at radius 2 is 2.23 bits per heavy atom. The van der Waals surface area contributed by atoms with Crippen molar-refractivity contribution in [3.63, 3.8) is 0 Å². The molecule has 6 nitrogen and oxygen atoms in total. The molecule has 114 valence electrons. The molecule has 1 aromatic heterocycles. The van der Waals surface area contributed by atoms with Crippen molar-refractivity contribution < 1.29 is 9.53 Å². The predicted octanol–water partition coefficient (Wildman–Crippen LogP) is 3.01. The highest BCUT2D eigenvalue weighted by molar-refractivity contribution is 6.29. The first kappa shape index (κ1) is 14.6. The summed E-state index contributed by atoms with van der Waals surface area (Å²) < 4.78 is 4.96. The SMILES string of the molecule is Cc1nc(Cl)cc(NCc2cccc(N3CCOC3=O)c2)n1. The summed E-state index contributed by atoms with van der Waals surface area (Å²) >= 11 is 5.91. The molecule has 7 heteroatoms. The van der Waals surface area contributed by atoms with Gasteiger partial charge in [-0.2, -0.15) is 0 Å². The second-order valence-corrected chi connectivity index (χ2v) is 5.30. The largest absolute Gasteiger partial charge is 0.447 e. The third-order valence-corrected chi connectivity index (χ3v) is 3.46. The lowest BCUT2D eigenvalue weighted by Crippen LogP contribution is -2.23. The van der Waals surface area contributed by atoms with Crippen LogP contribution in [0.5, 0.6) is 0 Å². The predicted molar refractivity (Wildman–Crippen MR) is 84.2 cm³/mol. The van der Waals surface area contributed by atoms with Crippen molar-refractivity contribution in [1.29, 1.82) is 0 Å². The summed E-state index contributed by atoms with van der Waals surface area (Å²) in [6, 6.07) is 9.41. The number of cyclic esters (lactones) is 1. The van der Waals surface area contributed by atoms with Gasteiger partial charge >= 0.3 is 6.09 Å². The zero-order valence-corrected chi connectivity index (χ0v) is 12.8. The number of halogens is 1. The second kappa shape index (κ2) is 6.19. The molecule has 1 saturated heterocycles. The number of aryl methyl sites for hydroxylation is 1. The highest BCUT2D eigenvalue weighted by Crippen LogP contribution is 2.20. The first-order valence-electron chi connectivity index (χ1n) is 6.90. The number of hydrogen-bond donors (Lipinski definition) is 1. The van der Waals surface area contributed by atoms with E-state index in [1.807, 2.05) is 24.3 Å². The van der Waals surface area contributed by atoms with Gasteiger partial charge in [0.1, 0.15) is 23.4 Å². The molecule has 1 N–H and O–H groups in total. The summed E-state index contributed by atoms with van der Waals surface area (Å²) in [6.07, 6.45) is -0.302. The van der Waals surface area contributed by atoms with Gasteiger partial charge in [0.15, 0.2) is 0 Å². The molecule has 1 fully saturated rings. The maximum Gasteiger partial charge on any atom is 0.414 e. The van der Waals surface area contributed by atoms with E-state index in [-0.39, 0.29) is 6.09 Å². The number of nitrogens with one attached hydrogen (secondary N) is 1. The number of ether oxygens (including phenoxy) is 1. The minimum absolute atomic E-state index is 0.302. The third-order valence-electron chi connectivity index (χ3n) is 3.26. The van der Waals surface area contributed by atoms with Gasteiger partial charge in [-0.05, 0) is 24.6 Å². The van der Waals surface area contributed by atoms with Crippen LogP contribution in [0.1, 0.15) is 11.4 Å². The number of rotatable bonds is 4. The summed E-state index contributed by atoms with van der Waals surface area (Å²) in [5.74, 6) is 1.28. The van der Waals surface area contributed by atoms with Gasteiger partial charge in [0.25, 0.3) is 0 Å². The Morgan fingerprint density at radius 3 is 2.95 bits per heavy atom. The van der Waals surface area contributed by atoms with Crippen LogP contribution in [-0.4, -0.2) is 29.2 Å². The van der Waals surface area contributed by atoms with E-state index in [0.717, 1.165) is 11.3 Å². The Morgan fingerprint density at radius 1 is 1.36 bits per heavy atom. The number of amides is 1. The molecule has 2 heterocycles. The monoisotopic (exact) mass is 318 g/mol. The van der Waals surface area contributed by atoms with Crippen LogP contribution >= 0.6 is 11.6 Å². The molecule has 1 aliphatic rings. The molecule has 0 unspecified atom stereocenters. The molecule has 1 amide bonds. The summed E-state index contributed by atoms with van der Waals surface area (Å²) in [5.41, 5.74) is 1.86. The summed E-state index contributed by atoms with van der Waals surface area (Å²) in [5, 5.41) is 3.61. The van der Waals surface area contributed by atoms with E-state index in [9.17, 15) is 4.79 Å². The molecule has 2 aromatic rings. The maximum atomic E-state index is 11.6. The average molecular weight is 319 g/mol. The summed E-state index contributed by atoms with van der Waals surface area (Å²) in [7, 11) is 0. The molecular weight excluding hydrogens is 304 g/mol. The quantitative estimate of drug-likeness (QED) is 0.878. The molecule has 0 spiro atoms. The van der Waals surface area contributed by atoms with Crippen LogP contribution in [-0.2, 0) is 11.3 Å². The summed E-state index contributed by atoms with van der Waals surface area (Å²) in [6.45, 7) is 3.37. The van der Waals surface area contributed by atoms with E-state index >= 15 is 0 Å². The molecule has 0 saturated carbocycles. The van der Waals surface area contributed by atoms with Crippen molar-refractivity contribution in [2.75, 3.05) is 23.4 Å². The zero-order chi connectivity index (χ0) is 15.5. The number of benzene rings is 1. The first-order chi connectivity index (χ1) is 10.6. The van der Waals surface area contributed by atoms with Crippen molar-refractivity contribution in [2.24, 2.45) is 0 Å². The van der Waals surface area contributed by atoms with Crippen LogP contribution < -0.4 is 10.2 Å². The van der Waals surface area contributed by atoms with E-state index in [0.29, 0.717) is 36.5 Å². The van der Waals surface area contributed by atoms with Gasteiger partial charge in [-0.1, -0.05) is 23.7 Å². The zero-order valence-electron chi connectivity index (χ0n) is 12.0. The molecule has 0 radical (unpaired) electrons. The Balaban J connectivity index is 1.71. The van der Waals surface area contributed by atoms with Crippen molar-refractivity contribution in [2.45, 2.75) is 13.5 Å². The standard InChI is InChI=1S/C15H15ClN4O2/c1-10-18-13(16)8-14(19-10)17-9-11-3-2-4-12(7-11)20-5-6-22-15(20)21/h2-4,7-8H,5-6,9H2,1H3,(H,17,18,19). The topological polar surface area (TPSA) is 67.3 Å². The van der Waals surface area contributed by atoms with E-state index in [1.165, 1.54) is 0 Å². The molecule has 1 aromatic carbocycles. The van der Waals surface area contributed by atoms with Gasteiger partial charge in [0, 0.05) is 18.3 Å². The van der Waals surface area contributed by atoms with Crippen molar-refractivity contribution >= 4 is 29.2 Å². The Labute approximate surface area is 133 Å². The normalized spacial score (nSPS) is 14.1. The molecule has 3 rings (SSSR count). The molecule has 0 atom stereocenters. The van der Waals surface area contributed by atoms with E-state index < -0.39 is 0 Å². The van der Waals surface area contributed by atoms with Crippen LogP contribution in [0.25, 0.3) is 0 Å². The fourth-order valence-electron chi connectivity index (χ4n) is 2.28. The van der Waals surface area contributed by atoms with Gasteiger partial charge in [-0.15, -0.1) is 0 Å². The Kier molecular flexibility index (Phi) is 4.11. The van der Waals surface area contributed by atoms with E-state index in [2.05, 4.69) is 15.3 Å². The number of aromatic nitrogens is 2. The van der Waals surface area contributed by atoms with Crippen LogP contribution in [0, 0.1) is 6.92 Å². The number of carbonyl (C=O) groups excluding carboxylic acids is 1. The highest BCUT2D eigenvalue weighted by atomic mass is 35.5. The van der Waals surface area contributed by atoms with Crippen molar-refractivity contribution in [1.82, 2.24) is 9.97 Å². The van der Waals surface area contributed by atoms with Crippen LogP contribution in [0.2, 0.25) is 5.15 Å². The van der Waals surface area contributed by atoms with Gasteiger partial charge < -0.3 is 10.1 Å². The minimum Gasteiger partial charge on any atom is -0.447 e. The number of carbonyl (C=O) groups is 1. The van der Waals surface area contributed by atoms with Crippen LogP contribution in [0.3, 0.4) is 0 Å². The maximum absolute atomic E-state index is 11.6. The molecule has 0 aliphatic carbocycles. The van der Waals surface area contributed by atoms with Gasteiger partial charge in [-0.3, -0.25) is 4.90 Å². The number of hydrogen-bond acceptors (Lipinski definition) is 5. The minimum atomic E-state index is -0.302. The smallest absolute Gasteiger partial charge is 0.414 e. The summed E-state index contributed by atoms with van der Waals surface area (Å²) in [4.78, 5) is 21.5. The van der Waals surface area contributed by atoms with Crippen molar-refractivity contribution in [3.8, 4) is 0 Å². The van der Waals surface area contributed by atoms with Gasteiger partial charge in [0.05, 0.1) is 6.54 Å². The Bertz CT molecular complexity index is 687. The third kappa shape index (κ3) is 3.28. The lowest BCUT2D eigenvalue weighted by molar-refractivity contribution is 0.181. The van der Waals surface area contributed by atoms with E-state index in [4.69, 9.17) is 16.3 Å². The number of anilines is 2. The fraction of sp³-hybridized carbons (Fsp3) is 0.267. The second-order valence-electron chi connectivity index (χ2n) is 4.91. The van der Waals surface area contributed by atoms with Gasteiger partial charge in [0.2, 0.25) is 0 Å². The fourth-order valence-corrected chi connectivity index (χ4v) is 2.50. The average Bonchev–Trinajstić information content (AvgIpc) is 2.91. The molecule has 22 heavy (non-hydrogen) atoms. The van der Waals surface area contributed by atoms with Gasteiger partial charge in [-0.25, -0.2) is 14.8 Å². The molecule has 0 bridgehead atoms. The first-order valence-corrected chi connectivity index (χ1v) is 7.28. The lowest BCUT2D eigenvalue weighted by Gasteiger charge is -2.14. The number of nitrogens with zero attached hydrogens (tertiary/aromatic N) is 3. The van der Waals surface area contributed by atoms with Crippen LogP contribution in [0.15, 0.2) is 30.3 Å². The van der Waals surface area contributed by atoms with Crippen LogP contribution in [0.4, 0.5) is 16.3 Å². The van der Waals surface area contributed by atoms with Crippen molar-refractivity contribution in [3.05, 3.63) is 46.9 Å². The highest BCUT2D eigenvalue weighted by Gasteiger charge is 2.23. The Hall–Kier alpha value is -2.34. The molecule has 1 aliphatic heterocycles.